The number of hydrogen-bond acceptors (Lipinski definition) is 1. The van der Waals surface area contributed by atoms with E-state index in [1.54, 1.807) is 0 Å². The molecule has 2 aliphatic rings. The first-order valence-corrected chi connectivity index (χ1v) is 19.3. The Balaban J connectivity index is 1.31. The van der Waals surface area contributed by atoms with E-state index in [1.165, 1.54) is 83.6 Å². The molecule has 10 rings (SSSR count). The summed E-state index contributed by atoms with van der Waals surface area (Å²) in [6.07, 6.45) is 1.95. The Morgan fingerprint density at radius 2 is 0.870 bits per heavy atom. The van der Waals surface area contributed by atoms with Crippen molar-refractivity contribution < 1.29 is 0 Å². The molecule has 0 unspecified atom stereocenters. The summed E-state index contributed by atoms with van der Waals surface area (Å²) in [5, 5.41) is 0. The zero-order valence-corrected chi connectivity index (χ0v) is 30.8. The van der Waals surface area contributed by atoms with Gasteiger partial charge in [0.2, 0.25) is 0 Å². The largest absolute Gasteiger partial charge is 0.309 e. The van der Waals surface area contributed by atoms with Gasteiger partial charge in [0.15, 0.2) is 0 Å². The van der Waals surface area contributed by atoms with E-state index in [-0.39, 0.29) is 0 Å². The van der Waals surface area contributed by atoms with E-state index in [0.29, 0.717) is 0 Å². The summed E-state index contributed by atoms with van der Waals surface area (Å²) < 4.78 is 0. The van der Waals surface area contributed by atoms with E-state index < -0.39 is 5.41 Å². The van der Waals surface area contributed by atoms with Crippen LogP contribution < -0.4 is 4.90 Å². The summed E-state index contributed by atoms with van der Waals surface area (Å²) in [5.41, 5.74) is 21.4. The summed E-state index contributed by atoms with van der Waals surface area (Å²) in [6, 6.07) is 70.1. The van der Waals surface area contributed by atoms with Gasteiger partial charge in [-0.05, 0) is 104 Å². The lowest BCUT2D eigenvalue weighted by Gasteiger charge is -2.32. The summed E-state index contributed by atoms with van der Waals surface area (Å²) in [7, 11) is 0. The van der Waals surface area contributed by atoms with E-state index in [0.717, 1.165) is 24.2 Å². The first-order valence-electron chi connectivity index (χ1n) is 19.3. The fourth-order valence-corrected chi connectivity index (χ4v) is 9.60. The number of rotatable bonds is 7. The molecule has 0 radical (unpaired) electrons. The molecule has 54 heavy (non-hydrogen) atoms. The van der Waals surface area contributed by atoms with Gasteiger partial charge in [0.1, 0.15) is 0 Å². The molecule has 0 heterocycles. The van der Waals surface area contributed by atoms with Crippen LogP contribution in [0.2, 0.25) is 0 Å². The molecule has 1 heteroatoms. The van der Waals surface area contributed by atoms with Crippen molar-refractivity contribution in [2.45, 2.75) is 32.1 Å². The second-order valence-electron chi connectivity index (χ2n) is 14.5. The van der Waals surface area contributed by atoms with Crippen LogP contribution in [0.3, 0.4) is 0 Å². The van der Waals surface area contributed by atoms with Crippen molar-refractivity contribution in [3.63, 3.8) is 0 Å². The smallest absolute Gasteiger partial charge is 0.0726 e. The molecule has 0 amide bonds. The summed E-state index contributed by atoms with van der Waals surface area (Å²) >= 11 is 0. The highest BCUT2D eigenvalue weighted by Gasteiger charge is 2.52. The third kappa shape index (κ3) is 4.64. The van der Waals surface area contributed by atoms with Crippen LogP contribution in [-0.2, 0) is 18.3 Å². The van der Waals surface area contributed by atoms with Gasteiger partial charge in [-0.15, -0.1) is 0 Å². The molecular formula is C53H41N. The van der Waals surface area contributed by atoms with Gasteiger partial charge < -0.3 is 4.90 Å². The van der Waals surface area contributed by atoms with E-state index in [1.807, 2.05) is 0 Å². The molecule has 0 N–H and O–H groups in total. The third-order valence-electron chi connectivity index (χ3n) is 11.9. The van der Waals surface area contributed by atoms with Crippen molar-refractivity contribution >= 4 is 17.1 Å². The van der Waals surface area contributed by atoms with Gasteiger partial charge in [0.25, 0.3) is 0 Å². The SMILES string of the molecule is CCc1ccccc1-c1cc(N(c2ccccc2-c2ccccc2)c2cccc3c2-c2ccccc2C32c3ccccc3-c3ccccc32)ccc1CC. The first-order chi connectivity index (χ1) is 26.7. The van der Waals surface area contributed by atoms with Crippen molar-refractivity contribution in [1.29, 1.82) is 0 Å². The molecular weight excluding hydrogens is 651 g/mol. The zero-order chi connectivity index (χ0) is 36.2. The van der Waals surface area contributed by atoms with Crippen molar-refractivity contribution in [2.75, 3.05) is 4.90 Å². The quantitative estimate of drug-likeness (QED) is 0.161. The highest BCUT2D eigenvalue weighted by molar-refractivity contribution is 6.02. The zero-order valence-electron chi connectivity index (χ0n) is 30.8. The lowest BCUT2D eigenvalue weighted by molar-refractivity contribution is 0.794. The maximum absolute atomic E-state index is 2.54. The van der Waals surface area contributed by atoms with Crippen molar-refractivity contribution in [3.8, 4) is 44.5 Å². The number of nitrogens with zero attached hydrogens (tertiary/aromatic N) is 1. The fraction of sp³-hybridized carbons (Fsp3) is 0.0943. The molecule has 0 fully saturated rings. The average Bonchev–Trinajstić information content (AvgIpc) is 3.72. The van der Waals surface area contributed by atoms with Gasteiger partial charge >= 0.3 is 0 Å². The molecule has 0 aliphatic heterocycles. The van der Waals surface area contributed by atoms with Gasteiger partial charge in [0.05, 0.1) is 16.8 Å². The second-order valence-corrected chi connectivity index (χ2v) is 14.5. The molecule has 0 atom stereocenters. The molecule has 0 saturated heterocycles. The maximum Gasteiger partial charge on any atom is 0.0726 e. The van der Waals surface area contributed by atoms with Crippen LogP contribution in [0.5, 0.6) is 0 Å². The van der Waals surface area contributed by atoms with Crippen LogP contribution in [0.4, 0.5) is 17.1 Å². The molecule has 1 spiro atoms. The Morgan fingerprint density at radius 1 is 0.370 bits per heavy atom. The lowest BCUT2D eigenvalue weighted by atomic mass is 9.70. The van der Waals surface area contributed by atoms with Gasteiger partial charge in [-0.3, -0.25) is 0 Å². The average molecular weight is 692 g/mol. The van der Waals surface area contributed by atoms with Crippen LogP contribution in [-0.4, -0.2) is 0 Å². The van der Waals surface area contributed by atoms with Crippen LogP contribution in [0.25, 0.3) is 44.5 Å². The van der Waals surface area contributed by atoms with Crippen LogP contribution >= 0.6 is 0 Å². The first kappa shape index (κ1) is 32.2. The Labute approximate surface area is 318 Å². The summed E-state index contributed by atoms with van der Waals surface area (Å²) in [4.78, 5) is 2.54. The van der Waals surface area contributed by atoms with E-state index in [9.17, 15) is 0 Å². The van der Waals surface area contributed by atoms with Crippen molar-refractivity contribution in [1.82, 2.24) is 0 Å². The number of benzene rings is 8. The Hall–Kier alpha value is -6.44. The summed E-state index contributed by atoms with van der Waals surface area (Å²) in [5.74, 6) is 0. The molecule has 0 bridgehead atoms. The molecule has 2 aliphatic carbocycles. The van der Waals surface area contributed by atoms with Crippen LogP contribution in [0.15, 0.2) is 188 Å². The summed E-state index contributed by atoms with van der Waals surface area (Å²) in [6.45, 7) is 4.53. The van der Waals surface area contributed by atoms with Gasteiger partial charge in [0, 0.05) is 16.8 Å². The lowest BCUT2D eigenvalue weighted by Crippen LogP contribution is -2.26. The normalized spacial score (nSPS) is 12.9. The molecule has 8 aromatic rings. The number of hydrogen-bond donors (Lipinski definition) is 0. The monoisotopic (exact) mass is 691 g/mol. The third-order valence-corrected chi connectivity index (χ3v) is 11.9. The minimum absolute atomic E-state index is 0.420. The van der Waals surface area contributed by atoms with Gasteiger partial charge in [-0.1, -0.05) is 178 Å². The topological polar surface area (TPSA) is 3.24 Å². The Kier molecular flexibility index (Phi) is 7.70. The van der Waals surface area contributed by atoms with E-state index >= 15 is 0 Å². The van der Waals surface area contributed by atoms with Gasteiger partial charge in [-0.2, -0.15) is 0 Å². The van der Waals surface area contributed by atoms with Crippen molar-refractivity contribution in [3.05, 3.63) is 221 Å². The number of fused-ring (bicyclic) bond motifs is 10. The van der Waals surface area contributed by atoms with Gasteiger partial charge in [-0.25, -0.2) is 0 Å². The van der Waals surface area contributed by atoms with E-state index in [2.05, 4.69) is 207 Å². The van der Waals surface area contributed by atoms with Crippen LogP contribution in [0.1, 0.15) is 47.2 Å². The number of aryl methyl sites for hydroxylation is 2. The maximum atomic E-state index is 2.54. The molecule has 258 valence electrons. The van der Waals surface area contributed by atoms with Crippen LogP contribution in [0, 0.1) is 0 Å². The minimum atomic E-state index is -0.420. The molecule has 0 saturated carbocycles. The predicted octanol–water partition coefficient (Wildman–Crippen LogP) is 14.0. The molecule has 8 aromatic carbocycles. The number of anilines is 3. The highest BCUT2D eigenvalue weighted by atomic mass is 15.1. The number of para-hydroxylation sites is 1. The molecule has 1 nitrogen and oxygen atoms in total. The fourth-order valence-electron chi connectivity index (χ4n) is 9.60. The second kappa shape index (κ2) is 12.9. The molecule has 0 aromatic heterocycles. The predicted molar refractivity (Wildman–Crippen MR) is 227 cm³/mol. The van der Waals surface area contributed by atoms with Crippen molar-refractivity contribution in [2.24, 2.45) is 0 Å². The van der Waals surface area contributed by atoms with E-state index in [4.69, 9.17) is 0 Å². The highest BCUT2D eigenvalue weighted by Crippen LogP contribution is 2.64. The standard InChI is InChI=1S/C53H41N/c1-3-36-19-8-9-22-40(36)45-35-39(34-33-37(45)4-2)54(50-31-17-13-23-41(50)38-20-6-5-7-21-38)51-32-18-30-49-52(51)44-26-12-16-29-48(44)53(49)46-27-14-10-24-42(46)43-25-11-15-28-47(43)53/h5-35H,3-4H2,1-2H3. The minimum Gasteiger partial charge on any atom is -0.309 e. The Bertz CT molecular complexity index is 2660. The Morgan fingerprint density at radius 3 is 1.56 bits per heavy atom.